The van der Waals surface area contributed by atoms with Crippen molar-refractivity contribution in [2.45, 2.75) is 77.0 Å². The highest BCUT2D eigenvalue weighted by molar-refractivity contribution is 5.88. The molecule has 0 radical (unpaired) electrons. The first-order valence-electron chi connectivity index (χ1n) is 16.1. The number of nitrogens with one attached hydrogen (secondary N) is 1. The van der Waals surface area contributed by atoms with E-state index in [1.54, 1.807) is 0 Å². The number of rotatable bonds is 10. The van der Waals surface area contributed by atoms with Gasteiger partial charge in [-0.3, -0.25) is 4.79 Å². The first-order valence-corrected chi connectivity index (χ1v) is 16.1. The number of hydrogen-bond acceptors (Lipinski definition) is 5. The fourth-order valence-corrected chi connectivity index (χ4v) is 7.42. The van der Waals surface area contributed by atoms with Crippen molar-refractivity contribution in [1.29, 1.82) is 0 Å². The van der Waals surface area contributed by atoms with Crippen LogP contribution in [0.25, 0.3) is 10.9 Å². The van der Waals surface area contributed by atoms with Crippen LogP contribution in [0.5, 0.6) is 0 Å². The third-order valence-electron chi connectivity index (χ3n) is 10.1. The average molecular weight is 579 g/mol. The predicted octanol–water partition coefficient (Wildman–Crippen LogP) is 6.73. The molecule has 0 amide bonds. The largest absolute Gasteiger partial charge is 0.459 e. The zero-order chi connectivity index (χ0) is 30.1. The van der Waals surface area contributed by atoms with E-state index in [-0.39, 0.29) is 18.5 Å². The Morgan fingerprint density at radius 2 is 1.81 bits per heavy atom. The van der Waals surface area contributed by atoms with Gasteiger partial charge in [0.2, 0.25) is 0 Å². The van der Waals surface area contributed by atoms with Gasteiger partial charge >= 0.3 is 5.97 Å². The topological polar surface area (TPSA) is 74.6 Å². The Labute approximate surface area is 256 Å². The molecule has 1 fully saturated rings. The van der Waals surface area contributed by atoms with Crippen molar-refractivity contribution in [2.75, 3.05) is 31.1 Å². The summed E-state index contributed by atoms with van der Waals surface area (Å²) in [5.41, 5.74) is 14.2. The van der Waals surface area contributed by atoms with Gasteiger partial charge in [-0.1, -0.05) is 81.4 Å². The van der Waals surface area contributed by atoms with Gasteiger partial charge in [-0.15, -0.1) is 0 Å². The highest BCUT2D eigenvalue weighted by Crippen LogP contribution is 2.46. The lowest BCUT2D eigenvalue weighted by molar-refractivity contribution is -0.151. The third kappa shape index (κ3) is 5.47. The highest BCUT2D eigenvalue weighted by Gasteiger charge is 2.41. The van der Waals surface area contributed by atoms with Crippen molar-refractivity contribution in [3.05, 3.63) is 101 Å². The van der Waals surface area contributed by atoms with Crippen LogP contribution in [0.1, 0.15) is 80.3 Å². The van der Waals surface area contributed by atoms with Crippen molar-refractivity contribution >= 4 is 22.6 Å². The Morgan fingerprint density at radius 3 is 2.56 bits per heavy atom. The molecule has 6 nitrogen and oxygen atoms in total. The molecule has 1 saturated heterocycles. The third-order valence-corrected chi connectivity index (χ3v) is 10.1. The van der Waals surface area contributed by atoms with Crippen LogP contribution in [-0.2, 0) is 22.6 Å². The highest BCUT2D eigenvalue weighted by atomic mass is 16.5. The number of esters is 1. The van der Waals surface area contributed by atoms with Crippen LogP contribution in [0.4, 0.5) is 5.69 Å². The maximum Gasteiger partial charge on any atom is 0.326 e. The molecule has 0 aliphatic carbocycles. The van der Waals surface area contributed by atoms with Crippen LogP contribution in [0, 0.1) is 0 Å². The van der Waals surface area contributed by atoms with Gasteiger partial charge in [0.1, 0.15) is 12.1 Å². The lowest BCUT2D eigenvalue weighted by Gasteiger charge is -2.38. The van der Waals surface area contributed by atoms with Crippen molar-refractivity contribution in [3.8, 4) is 0 Å². The molecule has 4 unspecified atom stereocenters. The minimum atomic E-state index is -1.13. The number of para-hydroxylation sites is 1. The summed E-state index contributed by atoms with van der Waals surface area (Å²) in [7, 11) is 0. The summed E-state index contributed by atoms with van der Waals surface area (Å²) < 4.78 is 5.78. The molecular formula is C37H46N4O2. The predicted molar refractivity (Wildman–Crippen MR) is 176 cm³/mol. The summed E-state index contributed by atoms with van der Waals surface area (Å²) in [6, 6.07) is 25.8. The number of ether oxygens (including phenoxy) is 1. The molecule has 226 valence electrons. The summed E-state index contributed by atoms with van der Waals surface area (Å²) >= 11 is 0. The number of likely N-dealkylation sites (N-methyl/N-ethyl adjacent to an activating group) is 2. The minimum Gasteiger partial charge on any atom is -0.459 e. The Kier molecular flexibility index (Phi) is 8.34. The summed E-state index contributed by atoms with van der Waals surface area (Å²) in [5.74, 6) is 0.326. The molecule has 0 saturated carbocycles. The molecule has 2 aliphatic rings. The molecule has 1 aromatic heterocycles. The maximum absolute atomic E-state index is 13.5. The number of H-pyrrole nitrogens is 1. The van der Waals surface area contributed by atoms with Crippen molar-refractivity contribution in [1.82, 2.24) is 9.88 Å². The van der Waals surface area contributed by atoms with E-state index in [0.717, 1.165) is 53.9 Å². The number of likely N-dealkylation sites (tertiary alicyclic amines) is 1. The van der Waals surface area contributed by atoms with Crippen LogP contribution < -0.4 is 10.6 Å². The number of aromatic nitrogens is 1. The fraction of sp³-hybridized carbons (Fsp3) is 0.432. The zero-order valence-electron chi connectivity index (χ0n) is 26.1. The normalized spacial score (nSPS) is 20.4. The summed E-state index contributed by atoms with van der Waals surface area (Å²) in [6.45, 7) is 13.5. The molecule has 6 heteroatoms. The van der Waals surface area contributed by atoms with E-state index in [1.165, 1.54) is 23.2 Å². The van der Waals surface area contributed by atoms with E-state index in [9.17, 15) is 4.79 Å². The van der Waals surface area contributed by atoms with Gasteiger partial charge < -0.3 is 25.3 Å². The molecule has 3 aromatic carbocycles. The van der Waals surface area contributed by atoms with Crippen LogP contribution in [0.3, 0.4) is 0 Å². The Bertz CT molecular complexity index is 1580. The lowest BCUT2D eigenvalue weighted by Crippen LogP contribution is -2.50. The van der Waals surface area contributed by atoms with E-state index < -0.39 is 5.54 Å². The van der Waals surface area contributed by atoms with Gasteiger partial charge in [0, 0.05) is 59.7 Å². The van der Waals surface area contributed by atoms with Crippen molar-refractivity contribution in [2.24, 2.45) is 5.73 Å². The molecule has 6 rings (SSSR count). The molecular weight excluding hydrogens is 532 g/mol. The molecule has 3 heterocycles. The number of carbonyl (C=O) groups is 1. The van der Waals surface area contributed by atoms with Crippen LogP contribution in [0.15, 0.2) is 72.8 Å². The van der Waals surface area contributed by atoms with Gasteiger partial charge in [-0.05, 0) is 67.2 Å². The van der Waals surface area contributed by atoms with E-state index in [2.05, 4.69) is 78.0 Å². The van der Waals surface area contributed by atoms with E-state index >= 15 is 0 Å². The average Bonchev–Trinajstić information content (AvgIpc) is 3.57. The van der Waals surface area contributed by atoms with Gasteiger partial charge in [-0.25, -0.2) is 0 Å². The number of piperidine rings is 1. The van der Waals surface area contributed by atoms with Gasteiger partial charge in [0.15, 0.2) is 0 Å². The number of hydrogen-bond donors (Lipinski definition) is 2. The standard InChI is InChI=1S/C37H46N4O2/c1-5-37(38,36(42)43-24-26-13-9-8-10-14-26)22-31-28-15-11-12-16-32(28)39-35(31)25(4)27-17-18-33-30(21-27)29-19-20-40(6-2)23-34(29)41(33)7-3/h8-18,21,25,29,34,39H,5-7,19-20,22-24,38H2,1-4H3. The molecule has 0 bridgehead atoms. The molecule has 4 atom stereocenters. The summed E-state index contributed by atoms with van der Waals surface area (Å²) in [5, 5.41) is 1.12. The van der Waals surface area contributed by atoms with E-state index in [4.69, 9.17) is 10.5 Å². The number of anilines is 1. The van der Waals surface area contributed by atoms with Crippen LogP contribution in [-0.4, -0.2) is 53.6 Å². The summed E-state index contributed by atoms with van der Waals surface area (Å²) in [4.78, 5) is 22.4. The maximum atomic E-state index is 13.5. The second-order valence-electron chi connectivity index (χ2n) is 12.5. The van der Waals surface area contributed by atoms with Crippen molar-refractivity contribution < 1.29 is 9.53 Å². The van der Waals surface area contributed by atoms with E-state index in [0.29, 0.717) is 24.8 Å². The number of fused-ring (bicyclic) bond motifs is 4. The quantitative estimate of drug-likeness (QED) is 0.204. The second kappa shape index (κ2) is 12.2. The zero-order valence-corrected chi connectivity index (χ0v) is 26.1. The summed E-state index contributed by atoms with van der Waals surface area (Å²) in [6.07, 6.45) is 2.10. The van der Waals surface area contributed by atoms with Crippen molar-refractivity contribution in [3.63, 3.8) is 0 Å². The first-order chi connectivity index (χ1) is 20.9. The lowest BCUT2D eigenvalue weighted by atomic mass is 9.83. The SMILES string of the molecule is CCN1CCC2c3cc(C(C)c4[nH]c5ccccc5c4CC(N)(CC)C(=O)OCc4ccccc4)ccc3N(CC)C2C1. The van der Waals surface area contributed by atoms with Gasteiger partial charge in [0.05, 0.1) is 0 Å². The number of aromatic amines is 1. The molecule has 2 aliphatic heterocycles. The Hall–Kier alpha value is -3.61. The van der Waals surface area contributed by atoms with Gasteiger partial charge in [-0.2, -0.15) is 0 Å². The molecule has 43 heavy (non-hydrogen) atoms. The number of carbonyl (C=O) groups excluding carboxylic acids is 1. The van der Waals surface area contributed by atoms with Crippen LogP contribution in [0.2, 0.25) is 0 Å². The number of nitrogens with two attached hydrogens (primary N) is 1. The smallest absolute Gasteiger partial charge is 0.326 e. The molecule has 3 N–H and O–H groups in total. The van der Waals surface area contributed by atoms with Gasteiger partial charge in [0.25, 0.3) is 0 Å². The molecule has 0 spiro atoms. The Morgan fingerprint density at radius 1 is 1.05 bits per heavy atom. The molecule has 4 aromatic rings. The van der Waals surface area contributed by atoms with Crippen LogP contribution >= 0.6 is 0 Å². The second-order valence-corrected chi connectivity index (χ2v) is 12.5. The first kappa shape index (κ1) is 29.5. The number of nitrogens with zero attached hydrogens (tertiary/aromatic N) is 2. The van der Waals surface area contributed by atoms with E-state index in [1.807, 2.05) is 37.3 Å². The minimum absolute atomic E-state index is 0.110. The number of benzene rings is 3. The monoisotopic (exact) mass is 578 g/mol. The fourth-order valence-electron chi connectivity index (χ4n) is 7.42. The Balaban J connectivity index is 1.31.